The molecule has 0 spiro atoms. The number of rotatable bonds is 7. The van der Waals surface area contributed by atoms with Crippen LogP contribution in [-0.2, 0) is 12.8 Å². The molecule has 1 N–H and O–H groups in total. The summed E-state index contributed by atoms with van der Waals surface area (Å²) in [5.74, 6) is 0. The largest absolute Gasteiger partial charge is 0.313 e. The molecule has 0 fully saturated rings. The van der Waals surface area contributed by atoms with Gasteiger partial charge in [-0.1, -0.05) is 42.8 Å². The topological polar surface area (TPSA) is 12.0 Å². The number of nitrogens with one attached hydrogen (secondary N) is 1. The lowest BCUT2D eigenvalue weighted by atomic mass is 9.99. The maximum atomic E-state index is 5.96. The Morgan fingerprint density at radius 1 is 0.952 bits per heavy atom. The SMILES string of the molecule is CCCNC(Cc1ccc(Cl)cc1)Cc1ccc(I)cc1. The summed E-state index contributed by atoms with van der Waals surface area (Å²) in [5.41, 5.74) is 2.72. The van der Waals surface area contributed by atoms with Gasteiger partial charge in [-0.2, -0.15) is 0 Å². The fraction of sp³-hybridized carbons (Fsp3) is 0.333. The van der Waals surface area contributed by atoms with Gasteiger partial charge in [0.05, 0.1) is 0 Å². The number of hydrogen-bond donors (Lipinski definition) is 1. The molecule has 2 aromatic carbocycles. The van der Waals surface area contributed by atoms with Crippen LogP contribution in [0.3, 0.4) is 0 Å². The van der Waals surface area contributed by atoms with E-state index in [1.807, 2.05) is 12.1 Å². The van der Waals surface area contributed by atoms with Gasteiger partial charge in [0.25, 0.3) is 0 Å². The third-order valence-corrected chi connectivity index (χ3v) is 4.44. The lowest BCUT2D eigenvalue weighted by Crippen LogP contribution is -2.33. The summed E-state index contributed by atoms with van der Waals surface area (Å²) in [7, 11) is 0. The molecule has 112 valence electrons. The quantitative estimate of drug-likeness (QED) is 0.623. The molecule has 0 bridgehead atoms. The van der Waals surface area contributed by atoms with E-state index in [-0.39, 0.29) is 0 Å². The van der Waals surface area contributed by atoms with Crippen molar-refractivity contribution < 1.29 is 0 Å². The molecule has 2 aromatic rings. The zero-order valence-electron chi connectivity index (χ0n) is 12.3. The Morgan fingerprint density at radius 3 is 2.00 bits per heavy atom. The molecule has 2 rings (SSSR count). The van der Waals surface area contributed by atoms with Crippen LogP contribution < -0.4 is 5.32 Å². The van der Waals surface area contributed by atoms with E-state index in [9.17, 15) is 0 Å². The van der Waals surface area contributed by atoms with Crippen LogP contribution in [-0.4, -0.2) is 12.6 Å². The van der Waals surface area contributed by atoms with Crippen molar-refractivity contribution in [1.29, 1.82) is 0 Å². The van der Waals surface area contributed by atoms with Crippen molar-refractivity contribution in [2.75, 3.05) is 6.54 Å². The van der Waals surface area contributed by atoms with E-state index in [4.69, 9.17) is 11.6 Å². The van der Waals surface area contributed by atoms with Crippen molar-refractivity contribution in [3.8, 4) is 0 Å². The van der Waals surface area contributed by atoms with E-state index in [2.05, 4.69) is 71.2 Å². The summed E-state index contributed by atoms with van der Waals surface area (Å²) >= 11 is 8.31. The average Bonchev–Trinajstić information content (AvgIpc) is 2.49. The second-order valence-electron chi connectivity index (χ2n) is 5.31. The third-order valence-electron chi connectivity index (χ3n) is 3.47. The summed E-state index contributed by atoms with van der Waals surface area (Å²) in [5, 5.41) is 4.46. The monoisotopic (exact) mass is 413 g/mol. The first kappa shape index (κ1) is 16.8. The highest BCUT2D eigenvalue weighted by atomic mass is 127. The van der Waals surface area contributed by atoms with Crippen LogP contribution in [0.1, 0.15) is 24.5 Å². The fourth-order valence-corrected chi connectivity index (χ4v) is 2.86. The molecule has 0 aliphatic heterocycles. The normalized spacial score (nSPS) is 12.3. The third kappa shape index (κ3) is 5.97. The first-order valence-corrected chi connectivity index (χ1v) is 8.85. The maximum absolute atomic E-state index is 5.96. The van der Waals surface area contributed by atoms with Crippen LogP contribution in [0, 0.1) is 3.57 Å². The van der Waals surface area contributed by atoms with Gasteiger partial charge in [0.15, 0.2) is 0 Å². The molecule has 1 atom stereocenters. The standard InChI is InChI=1S/C18H21ClIN/c1-2-11-21-18(12-14-3-7-16(19)8-4-14)13-15-5-9-17(20)10-6-15/h3-10,18,21H,2,11-13H2,1H3. The van der Waals surface area contributed by atoms with Crippen LogP contribution in [0.15, 0.2) is 48.5 Å². The first-order chi connectivity index (χ1) is 10.2. The Balaban J connectivity index is 2.02. The molecular formula is C18H21ClIN. The van der Waals surface area contributed by atoms with Crippen LogP contribution in [0.25, 0.3) is 0 Å². The van der Waals surface area contributed by atoms with E-state index < -0.39 is 0 Å². The van der Waals surface area contributed by atoms with Crippen molar-refractivity contribution >= 4 is 34.2 Å². The summed E-state index contributed by atoms with van der Waals surface area (Å²) in [6.07, 6.45) is 3.24. The molecule has 0 aliphatic carbocycles. The molecule has 0 saturated carbocycles. The van der Waals surface area contributed by atoms with Crippen molar-refractivity contribution in [3.05, 3.63) is 68.3 Å². The summed E-state index contributed by atoms with van der Waals surface area (Å²) in [6, 6.07) is 17.5. The van der Waals surface area contributed by atoms with Gasteiger partial charge in [0.1, 0.15) is 0 Å². The van der Waals surface area contributed by atoms with Gasteiger partial charge >= 0.3 is 0 Å². The minimum absolute atomic E-state index is 0.464. The van der Waals surface area contributed by atoms with Crippen molar-refractivity contribution in [2.24, 2.45) is 0 Å². The van der Waals surface area contributed by atoms with E-state index >= 15 is 0 Å². The molecule has 0 heterocycles. The van der Waals surface area contributed by atoms with Crippen molar-refractivity contribution in [3.63, 3.8) is 0 Å². The molecule has 0 aromatic heterocycles. The van der Waals surface area contributed by atoms with Gasteiger partial charge in [0.2, 0.25) is 0 Å². The highest BCUT2D eigenvalue weighted by Gasteiger charge is 2.10. The summed E-state index contributed by atoms with van der Waals surface area (Å²) < 4.78 is 1.28. The Bertz CT molecular complexity index is 489. The zero-order chi connectivity index (χ0) is 15.1. The molecular weight excluding hydrogens is 393 g/mol. The lowest BCUT2D eigenvalue weighted by Gasteiger charge is -2.19. The van der Waals surface area contributed by atoms with E-state index in [1.165, 1.54) is 14.7 Å². The van der Waals surface area contributed by atoms with Gasteiger partial charge in [0, 0.05) is 14.6 Å². The minimum atomic E-state index is 0.464. The smallest absolute Gasteiger partial charge is 0.0406 e. The van der Waals surface area contributed by atoms with Gasteiger partial charge in [-0.25, -0.2) is 0 Å². The number of halogens is 2. The highest BCUT2D eigenvalue weighted by molar-refractivity contribution is 14.1. The molecule has 3 heteroatoms. The second-order valence-corrected chi connectivity index (χ2v) is 6.99. The molecule has 0 radical (unpaired) electrons. The van der Waals surface area contributed by atoms with Gasteiger partial charge < -0.3 is 5.32 Å². The predicted molar refractivity (Wildman–Crippen MR) is 100 cm³/mol. The highest BCUT2D eigenvalue weighted by Crippen LogP contribution is 2.14. The molecule has 1 unspecified atom stereocenters. The van der Waals surface area contributed by atoms with Crippen molar-refractivity contribution in [2.45, 2.75) is 32.2 Å². The fourth-order valence-electron chi connectivity index (χ4n) is 2.37. The molecule has 1 nitrogen and oxygen atoms in total. The first-order valence-electron chi connectivity index (χ1n) is 7.39. The predicted octanol–water partition coefficient (Wildman–Crippen LogP) is 5.10. The van der Waals surface area contributed by atoms with Crippen LogP contribution >= 0.6 is 34.2 Å². The van der Waals surface area contributed by atoms with E-state index in [1.54, 1.807) is 0 Å². The number of hydrogen-bond acceptors (Lipinski definition) is 1. The van der Waals surface area contributed by atoms with Crippen LogP contribution in [0.2, 0.25) is 5.02 Å². The second kappa shape index (κ2) is 8.76. The summed E-state index contributed by atoms with van der Waals surface area (Å²) in [6.45, 7) is 3.26. The molecule has 0 amide bonds. The van der Waals surface area contributed by atoms with Crippen LogP contribution in [0.5, 0.6) is 0 Å². The van der Waals surface area contributed by atoms with Gasteiger partial charge in [-0.15, -0.1) is 0 Å². The molecule has 0 saturated heterocycles. The van der Waals surface area contributed by atoms with E-state index in [0.717, 1.165) is 30.8 Å². The average molecular weight is 414 g/mol. The van der Waals surface area contributed by atoms with E-state index in [0.29, 0.717) is 6.04 Å². The zero-order valence-corrected chi connectivity index (χ0v) is 15.2. The summed E-state index contributed by atoms with van der Waals surface area (Å²) in [4.78, 5) is 0. The van der Waals surface area contributed by atoms with Crippen molar-refractivity contribution in [1.82, 2.24) is 5.32 Å². The van der Waals surface area contributed by atoms with Gasteiger partial charge in [-0.05, 0) is 83.8 Å². The Hall–Kier alpha value is -0.580. The molecule has 0 aliphatic rings. The van der Waals surface area contributed by atoms with Gasteiger partial charge in [-0.3, -0.25) is 0 Å². The van der Waals surface area contributed by atoms with Crippen LogP contribution in [0.4, 0.5) is 0 Å². The lowest BCUT2D eigenvalue weighted by molar-refractivity contribution is 0.505. The number of benzene rings is 2. The minimum Gasteiger partial charge on any atom is -0.313 e. The maximum Gasteiger partial charge on any atom is 0.0406 e. The Kier molecular flexibility index (Phi) is 7.00. The Labute approximate surface area is 146 Å². The Morgan fingerprint density at radius 2 is 1.48 bits per heavy atom. The molecule has 21 heavy (non-hydrogen) atoms.